The number of thiol groups is 2. The molecule has 2 heterocycles. The number of nitrogens with one attached hydrogen (secondary N) is 1. The minimum atomic E-state index is 0.0857. The van der Waals surface area contributed by atoms with Crippen LogP contribution < -0.4 is 5.73 Å². The van der Waals surface area contributed by atoms with E-state index in [2.05, 4.69) is 42.2 Å². The molecule has 0 saturated carbocycles. The highest BCUT2D eigenvalue weighted by atomic mass is 32.2. The van der Waals surface area contributed by atoms with Gasteiger partial charge in [0.25, 0.3) is 0 Å². The fourth-order valence-corrected chi connectivity index (χ4v) is 4.57. The van der Waals surface area contributed by atoms with Crippen LogP contribution in [0, 0.1) is 5.41 Å². The molecule has 102 valence electrons. The second-order valence-electron chi connectivity index (χ2n) is 4.17. The van der Waals surface area contributed by atoms with Gasteiger partial charge in [-0.25, -0.2) is 0 Å². The molecule has 3 N–H and O–H groups in total. The van der Waals surface area contributed by atoms with Crippen LogP contribution in [0.15, 0.2) is 54.9 Å². The molecule has 0 spiro atoms. The minimum absolute atomic E-state index is 0.0857. The lowest BCUT2D eigenvalue weighted by atomic mass is 10.2. The summed E-state index contributed by atoms with van der Waals surface area (Å²) in [5, 5.41) is 7.39. The van der Waals surface area contributed by atoms with E-state index in [0.29, 0.717) is 0 Å². The first-order valence-electron chi connectivity index (χ1n) is 5.69. The maximum atomic E-state index is 7.39. The molecule has 0 radical (unpaired) electrons. The van der Waals surface area contributed by atoms with Crippen molar-refractivity contribution in [2.45, 2.75) is 9.79 Å². The molecular formula is C13H11N3S4. The predicted molar refractivity (Wildman–Crippen MR) is 93.5 cm³/mol. The molecule has 0 unspecified atom stereocenters. The molecule has 0 saturated heterocycles. The Bertz CT molecular complexity index is 686. The summed E-state index contributed by atoms with van der Waals surface area (Å²) in [6, 6.07) is 7.63. The Morgan fingerprint density at radius 2 is 1.60 bits per heavy atom. The zero-order valence-corrected chi connectivity index (χ0v) is 13.6. The Hall–Kier alpha value is -0.890. The summed E-state index contributed by atoms with van der Waals surface area (Å²) in [5.74, 6) is 0.0857. The largest absolute Gasteiger partial charge is 0.384 e. The third-order valence-electron chi connectivity index (χ3n) is 2.82. The van der Waals surface area contributed by atoms with Crippen molar-refractivity contribution >= 4 is 54.6 Å². The third-order valence-corrected chi connectivity index (χ3v) is 6.37. The lowest BCUT2D eigenvalue weighted by molar-refractivity contribution is 1.06. The van der Waals surface area contributed by atoms with Crippen LogP contribution in [0.1, 0.15) is 5.56 Å². The fraction of sp³-hybridized carbons (Fsp3) is 0. The predicted octanol–water partition coefficient (Wildman–Crippen LogP) is 3.95. The zero-order chi connectivity index (χ0) is 14.3. The molecule has 1 aliphatic heterocycles. The van der Waals surface area contributed by atoms with E-state index in [4.69, 9.17) is 11.1 Å². The molecule has 0 aliphatic carbocycles. The number of nitrogen functional groups attached to an aromatic ring is 1. The lowest BCUT2D eigenvalue weighted by Crippen LogP contribution is -2.10. The fourth-order valence-electron chi connectivity index (χ4n) is 1.84. The van der Waals surface area contributed by atoms with Crippen molar-refractivity contribution in [3.63, 3.8) is 0 Å². The number of thioether (sulfide) groups is 2. The molecule has 0 fully saturated rings. The van der Waals surface area contributed by atoms with Gasteiger partial charge in [-0.1, -0.05) is 23.5 Å². The third kappa shape index (κ3) is 2.63. The first-order chi connectivity index (χ1) is 9.54. The van der Waals surface area contributed by atoms with Crippen LogP contribution in [-0.4, -0.2) is 10.4 Å². The van der Waals surface area contributed by atoms with E-state index < -0.39 is 0 Å². The van der Waals surface area contributed by atoms with Gasteiger partial charge in [-0.05, 0) is 24.3 Å². The van der Waals surface area contributed by atoms with Gasteiger partial charge >= 0.3 is 0 Å². The number of fused-ring (bicyclic) bond motifs is 1. The van der Waals surface area contributed by atoms with Gasteiger partial charge in [0, 0.05) is 33.4 Å². The molecule has 0 amide bonds. The second-order valence-corrected chi connectivity index (χ2v) is 7.78. The Kier molecular flexibility index (Phi) is 3.85. The van der Waals surface area contributed by atoms with Crippen LogP contribution >= 0.6 is 48.8 Å². The normalized spacial score (nSPS) is 13.4. The van der Waals surface area contributed by atoms with Gasteiger partial charge in [0.1, 0.15) is 5.84 Å². The Balaban J connectivity index is 1.89. The van der Waals surface area contributed by atoms with E-state index in [0.717, 1.165) is 19.7 Å². The van der Waals surface area contributed by atoms with Gasteiger partial charge in [-0.3, -0.25) is 5.41 Å². The van der Waals surface area contributed by atoms with Crippen LogP contribution in [-0.2, 0) is 0 Å². The molecule has 2 aromatic rings. The molecule has 20 heavy (non-hydrogen) atoms. The topological polar surface area (TPSA) is 54.8 Å². The van der Waals surface area contributed by atoms with Crippen molar-refractivity contribution in [3.8, 4) is 5.69 Å². The Morgan fingerprint density at radius 1 is 1.05 bits per heavy atom. The van der Waals surface area contributed by atoms with Gasteiger partial charge < -0.3 is 10.3 Å². The number of nitrogens with zero attached hydrogens (tertiary/aromatic N) is 1. The summed E-state index contributed by atoms with van der Waals surface area (Å²) >= 11 is 11.9. The summed E-state index contributed by atoms with van der Waals surface area (Å²) < 4.78 is 3.94. The number of rotatable bonds is 2. The first kappa shape index (κ1) is 14.1. The van der Waals surface area contributed by atoms with Gasteiger partial charge in [-0.2, -0.15) is 0 Å². The maximum absolute atomic E-state index is 7.39. The van der Waals surface area contributed by atoms with Gasteiger partial charge in [0.2, 0.25) is 0 Å². The summed E-state index contributed by atoms with van der Waals surface area (Å²) in [6.45, 7) is 0. The average Bonchev–Trinajstić information content (AvgIpc) is 2.96. The monoisotopic (exact) mass is 337 g/mol. The zero-order valence-electron chi connectivity index (χ0n) is 10.2. The van der Waals surface area contributed by atoms with E-state index in [9.17, 15) is 0 Å². The first-order valence-corrected chi connectivity index (χ1v) is 8.22. The molecule has 3 rings (SSSR count). The SMILES string of the molecule is N=C(N)c1ccc(-n2cc3c(c2)SC(=C(S)S)S3)cc1. The highest BCUT2D eigenvalue weighted by Gasteiger charge is 2.21. The summed E-state index contributed by atoms with van der Waals surface area (Å²) in [5.41, 5.74) is 7.24. The van der Waals surface area contributed by atoms with Crippen molar-refractivity contribution in [3.05, 3.63) is 50.7 Å². The summed E-state index contributed by atoms with van der Waals surface area (Å²) in [4.78, 5) is 2.42. The summed E-state index contributed by atoms with van der Waals surface area (Å²) in [6.07, 6.45) is 4.18. The minimum Gasteiger partial charge on any atom is -0.384 e. The molecule has 1 aromatic carbocycles. The number of benzene rings is 1. The number of amidine groups is 1. The van der Waals surface area contributed by atoms with Crippen LogP contribution in [0.4, 0.5) is 0 Å². The van der Waals surface area contributed by atoms with Crippen molar-refractivity contribution in [2.24, 2.45) is 5.73 Å². The standard InChI is InChI=1S/C13H11N3S4/c14-11(15)7-1-3-8(4-2-7)16-5-9-10(6-16)20-13(19-9)12(17)18/h1-6,17-18H,(H3,14,15). The average molecular weight is 338 g/mol. The smallest absolute Gasteiger partial charge is 0.122 e. The number of nitrogens with two attached hydrogens (primary N) is 1. The van der Waals surface area contributed by atoms with Crippen LogP contribution in [0.25, 0.3) is 5.69 Å². The molecule has 1 aliphatic rings. The van der Waals surface area contributed by atoms with E-state index in [1.165, 1.54) is 9.79 Å². The molecule has 7 heteroatoms. The summed E-state index contributed by atoms with van der Waals surface area (Å²) in [7, 11) is 0. The number of aromatic nitrogens is 1. The quantitative estimate of drug-likeness (QED) is 0.381. The molecule has 3 nitrogen and oxygen atoms in total. The highest BCUT2D eigenvalue weighted by molar-refractivity contribution is 8.26. The highest BCUT2D eigenvalue weighted by Crippen LogP contribution is 2.53. The van der Waals surface area contributed by atoms with Crippen molar-refractivity contribution in [1.82, 2.24) is 4.57 Å². The van der Waals surface area contributed by atoms with E-state index >= 15 is 0 Å². The second kappa shape index (κ2) is 5.48. The van der Waals surface area contributed by atoms with Crippen molar-refractivity contribution in [1.29, 1.82) is 5.41 Å². The van der Waals surface area contributed by atoms with Crippen LogP contribution in [0.5, 0.6) is 0 Å². The molecular weight excluding hydrogens is 326 g/mol. The van der Waals surface area contributed by atoms with Gasteiger partial charge in [-0.15, -0.1) is 25.3 Å². The van der Waals surface area contributed by atoms with E-state index in [1.54, 1.807) is 23.5 Å². The lowest BCUT2D eigenvalue weighted by Gasteiger charge is -2.05. The molecule has 0 atom stereocenters. The Labute approximate surface area is 136 Å². The number of hydrogen-bond donors (Lipinski definition) is 4. The van der Waals surface area contributed by atoms with Gasteiger partial charge in [0.15, 0.2) is 0 Å². The van der Waals surface area contributed by atoms with Crippen LogP contribution in [0.2, 0.25) is 0 Å². The number of hydrogen-bond acceptors (Lipinski definition) is 5. The van der Waals surface area contributed by atoms with E-state index in [-0.39, 0.29) is 5.84 Å². The van der Waals surface area contributed by atoms with Gasteiger partial charge in [0.05, 0.1) is 8.47 Å². The van der Waals surface area contributed by atoms with Crippen molar-refractivity contribution < 1.29 is 0 Å². The molecule has 0 bridgehead atoms. The van der Waals surface area contributed by atoms with Crippen LogP contribution in [0.3, 0.4) is 0 Å². The molecule has 1 aromatic heterocycles. The maximum Gasteiger partial charge on any atom is 0.122 e. The van der Waals surface area contributed by atoms with Crippen molar-refractivity contribution in [2.75, 3.05) is 0 Å². The van der Waals surface area contributed by atoms with E-state index in [1.807, 2.05) is 24.3 Å². The Morgan fingerprint density at radius 3 is 2.05 bits per heavy atom.